The number of aromatic nitrogens is 1. The van der Waals surface area contributed by atoms with Crippen molar-refractivity contribution in [2.45, 2.75) is 26.4 Å². The largest absolute Gasteiger partial charge is 0.379 e. The minimum absolute atomic E-state index is 0.00409. The zero-order valence-electron chi connectivity index (χ0n) is 16.0. The van der Waals surface area contributed by atoms with Crippen LogP contribution in [0, 0.1) is 6.92 Å². The van der Waals surface area contributed by atoms with Crippen molar-refractivity contribution < 1.29 is 4.74 Å². The predicted molar refractivity (Wildman–Crippen MR) is 112 cm³/mol. The van der Waals surface area contributed by atoms with Crippen LogP contribution >= 0.6 is 11.6 Å². The summed E-state index contributed by atoms with van der Waals surface area (Å²) in [7, 11) is 0. The molecule has 0 spiro atoms. The number of morpholine rings is 1. The molecule has 0 amide bonds. The molecule has 2 heterocycles. The summed E-state index contributed by atoms with van der Waals surface area (Å²) in [4.78, 5) is 15.4. The molecule has 3 rings (SSSR count). The maximum atomic E-state index is 12.9. The van der Waals surface area contributed by atoms with Gasteiger partial charge >= 0.3 is 0 Å². The average molecular weight is 390 g/mol. The zero-order valence-corrected chi connectivity index (χ0v) is 16.7. The normalized spacial score (nSPS) is 15.3. The highest BCUT2D eigenvalue weighted by Gasteiger charge is 2.11. The van der Waals surface area contributed by atoms with E-state index in [0.717, 1.165) is 67.8 Å². The standard InChI is InChI=1S/C21H28ClN3O2/c1-16-4-5-18-13-19(21(26)25(15-17(2)22)20(18)12-16)14-23-6-3-7-24-8-10-27-11-9-24/h4-5,12-13,23H,2-3,6-11,14-15H2,1H3. The number of rotatable bonds is 8. The van der Waals surface area contributed by atoms with Crippen LogP contribution in [0.4, 0.5) is 0 Å². The number of hydrogen-bond donors (Lipinski definition) is 1. The Morgan fingerprint density at radius 1 is 1.30 bits per heavy atom. The van der Waals surface area contributed by atoms with E-state index in [9.17, 15) is 4.79 Å². The second kappa shape index (κ2) is 9.51. The molecular weight excluding hydrogens is 362 g/mol. The summed E-state index contributed by atoms with van der Waals surface area (Å²) in [5.41, 5.74) is 2.77. The summed E-state index contributed by atoms with van der Waals surface area (Å²) in [6.07, 6.45) is 1.06. The fourth-order valence-electron chi connectivity index (χ4n) is 3.47. The van der Waals surface area contributed by atoms with Crippen molar-refractivity contribution in [1.82, 2.24) is 14.8 Å². The second-order valence-electron chi connectivity index (χ2n) is 7.12. The number of halogens is 1. The third-order valence-corrected chi connectivity index (χ3v) is 5.02. The summed E-state index contributed by atoms with van der Waals surface area (Å²) < 4.78 is 7.09. The van der Waals surface area contributed by atoms with Gasteiger partial charge in [0.2, 0.25) is 0 Å². The monoisotopic (exact) mass is 389 g/mol. The molecule has 6 heteroatoms. The Kier molecular flexibility index (Phi) is 7.07. The van der Waals surface area contributed by atoms with Crippen LogP contribution in [-0.4, -0.2) is 48.9 Å². The van der Waals surface area contributed by atoms with Crippen molar-refractivity contribution in [3.63, 3.8) is 0 Å². The van der Waals surface area contributed by atoms with E-state index in [2.05, 4.69) is 28.9 Å². The van der Waals surface area contributed by atoms with E-state index in [-0.39, 0.29) is 5.56 Å². The summed E-state index contributed by atoms with van der Waals surface area (Å²) in [5.74, 6) is 0. The molecule has 5 nitrogen and oxygen atoms in total. The average Bonchev–Trinajstić information content (AvgIpc) is 2.65. The van der Waals surface area contributed by atoms with Gasteiger partial charge in [0.25, 0.3) is 5.56 Å². The van der Waals surface area contributed by atoms with Crippen molar-refractivity contribution in [2.24, 2.45) is 0 Å². The first-order valence-corrected chi connectivity index (χ1v) is 9.89. The fourth-order valence-corrected chi connectivity index (χ4v) is 3.59. The van der Waals surface area contributed by atoms with E-state index in [0.29, 0.717) is 18.1 Å². The van der Waals surface area contributed by atoms with Crippen LogP contribution in [-0.2, 0) is 17.8 Å². The molecular formula is C21H28ClN3O2. The Labute approximate surface area is 165 Å². The maximum absolute atomic E-state index is 12.9. The van der Waals surface area contributed by atoms with Crippen LogP contribution in [0.15, 0.2) is 40.7 Å². The lowest BCUT2D eigenvalue weighted by molar-refractivity contribution is 0.0374. The van der Waals surface area contributed by atoms with Gasteiger partial charge in [0.15, 0.2) is 0 Å². The molecule has 1 aromatic carbocycles. The lowest BCUT2D eigenvalue weighted by Crippen LogP contribution is -2.37. The first kappa shape index (κ1) is 20.1. The summed E-state index contributed by atoms with van der Waals surface area (Å²) >= 11 is 6.01. The van der Waals surface area contributed by atoms with E-state index in [1.807, 2.05) is 19.1 Å². The van der Waals surface area contributed by atoms with Crippen LogP contribution in [0.5, 0.6) is 0 Å². The SMILES string of the molecule is C=C(Cl)Cn1c(=O)c(CNCCCN2CCOCC2)cc2ccc(C)cc21. The van der Waals surface area contributed by atoms with Crippen LogP contribution in [0.1, 0.15) is 17.5 Å². The first-order chi connectivity index (χ1) is 13.0. The molecule has 1 saturated heterocycles. The second-order valence-corrected chi connectivity index (χ2v) is 7.66. The molecule has 1 N–H and O–H groups in total. The highest BCUT2D eigenvalue weighted by molar-refractivity contribution is 6.29. The van der Waals surface area contributed by atoms with Crippen molar-refractivity contribution in [2.75, 3.05) is 39.4 Å². The number of fused-ring (bicyclic) bond motifs is 1. The third-order valence-electron chi connectivity index (χ3n) is 4.90. The van der Waals surface area contributed by atoms with Crippen molar-refractivity contribution >= 4 is 22.5 Å². The number of benzene rings is 1. The van der Waals surface area contributed by atoms with Gasteiger partial charge in [-0.25, -0.2) is 0 Å². The lowest BCUT2D eigenvalue weighted by Gasteiger charge is -2.26. The van der Waals surface area contributed by atoms with Gasteiger partial charge in [-0.05, 0) is 49.5 Å². The van der Waals surface area contributed by atoms with Crippen LogP contribution < -0.4 is 10.9 Å². The predicted octanol–water partition coefficient (Wildman–Crippen LogP) is 2.87. The molecule has 0 aliphatic carbocycles. The Morgan fingerprint density at radius 2 is 2.07 bits per heavy atom. The maximum Gasteiger partial charge on any atom is 0.255 e. The summed E-state index contributed by atoms with van der Waals surface area (Å²) in [6, 6.07) is 8.13. The molecule has 0 atom stereocenters. The summed E-state index contributed by atoms with van der Waals surface area (Å²) in [5, 5.41) is 4.91. The molecule has 1 aliphatic rings. The van der Waals surface area contributed by atoms with Crippen LogP contribution in [0.3, 0.4) is 0 Å². The number of ether oxygens (including phenoxy) is 1. The smallest absolute Gasteiger partial charge is 0.255 e. The minimum Gasteiger partial charge on any atom is -0.379 e. The van der Waals surface area contributed by atoms with Gasteiger partial charge in [0.1, 0.15) is 0 Å². The molecule has 1 aromatic heterocycles. The van der Waals surface area contributed by atoms with Gasteiger partial charge in [-0.3, -0.25) is 9.69 Å². The molecule has 0 bridgehead atoms. The molecule has 1 fully saturated rings. The number of pyridine rings is 1. The first-order valence-electron chi connectivity index (χ1n) is 9.52. The lowest BCUT2D eigenvalue weighted by atomic mass is 10.1. The fraction of sp³-hybridized carbons (Fsp3) is 0.476. The van der Waals surface area contributed by atoms with E-state index >= 15 is 0 Å². The molecule has 27 heavy (non-hydrogen) atoms. The van der Waals surface area contributed by atoms with Gasteiger partial charge in [0.05, 0.1) is 25.3 Å². The number of hydrogen-bond acceptors (Lipinski definition) is 4. The Morgan fingerprint density at radius 3 is 2.81 bits per heavy atom. The van der Waals surface area contributed by atoms with Crippen LogP contribution in [0.2, 0.25) is 0 Å². The van der Waals surface area contributed by atoms with Crippen molar-refractivity contribution in [3.8, 4) is 0 Å². The molecule has 0 radical (unpaired) electrons. The van der Waals surface area contributed by atoms with E-state index in [1.54, 1.807) is 4.57 Å². The highest BCUT2D eigenvalue weighted by Crippen LogP contribution is 2.17. The Balaban J connectivity index is 1.66. The number of nitrogens with zero attached hydrogens (tertiary/aromatic N) is 2. The van der Waals surface area contributed by atoms with Gasteiger partial charge in [-0.1, -0.05) is 30.3 Å². The van der Waals surface area contributed by atoms with E-state index < -0.39 is 0 Å². The minimum atomic E-state index is -0.00409. The van der Waals surface area contributed by atoms with Crippen molar-refractivity contribution in [1.29, 1.82) is 0 Å². The van der Waals surface area contributed by atoms with Gasteiger partial charge in [-0.2, -0.15) is 0 Å². The molecule has 1 aliphatic heterocycles. The zero-order chi connectivity index (χ0) is 19.2. The van der Waals surface area contributed by atoms with E-state index in [4.69, 9.17) is 16.3 Å². The molecule has 0 unspecified atom stereocenters. The number of nitrogens with one attached hydrogen (secondary N) is 1. The Hall–Kier alpha value is -1.66. The number of aryl methyl sites for hydroxylation is 1. The Bertz CT molecular complexity index is 856. The van der Waals surface area contributed by atoms with Gasteiger partial charge < -0.3 is 14.6 Å². The molecule has 146 valence electrons. The van der Waals surface area contributed by atoms with Crippen molar-refractivity contribution in [3.05, 3.63) is 57.4 Å². The van der Waals surface area contributed by atoms with Gasteiger partial charge in [-0.15, -0.1) is 0 Å². The molecule has 2 aromatic rings. The quantitative estimate of drug-likeness (QED) is 0.705. The van der Waals surface area contributed by atoms with Gasteiger partial charge in [0, 0.05) is 30.2 Å². The molecule has 0 saturated carbocycles. The number of allylic oxidation sites excluding steroid dienone is 1. The topological polar surface area (TPSA) is 46.5 Å². The summed E-state index contributed by atoms with van der Waals surface area (Å²) in [6.45, 7) is 12.3. The third kappa shape index (κ3) is 5.42. The van der Waals surface area contributed by atoms with E-state index in [1.165, 1.54) is 0 Å². The van der Waals surface area contributed by atoms with Crippen LogP contribution in [0.25, 0.3) is 10.9 Å². The highest BCUT2D eigenvalue weighted by atomic mass is 35.5.